The van der Waals surface area contributed by atoms with E-state index in [4.69, 9.17) is 4.74 Å². The smallest absolute Gasteiger partial charge is 0.124 e. The third-order valence-electron chi connectivity index (χ3n) is 3.70. The number of hydrogen-bond acceptors (Lipinski definition) is 3. The summed E-state index contributed by atoms with van der Waals surface area (Å²) in [7, 11) is 0. The number of ether oxygens (including phenoxy) is 1. The van der Waals surface area contributed by atoms with Crippen LogP contribution in [-0.4, -0.2) is 29.9 Å². The van der Waals surface area contributed by atoms with Crippen LogP contribution in [0.3, 0.4) is 0 Å². The van der Waals surface area contributed by atoms with Gasteiger partial charge in [-0.05, 0) is 51.1 Å². The first kappa shape index (κ1) is 11.9. The second kappa shape index (κ2) is 5.19. The van der Waals surface area contributed by atoms with Gasteiger partial charge in [-0.25, -0.2) is 0 Å². The number of hydrogen-bond donors (Lipinski definition) is 2. The fourth-order valence-electron chi connectivity index (χ4n) is 2.72. The second-order valence-corrected chi connectivity index (χ2v) is 4.92. The lowest BCUT2D eigenvalue weighted by Crippen LogP contribution is -2.43. The zero-order valence-corrected chi connectivity index (χ0v) is 10.2. The Balaban J connectivity index is 1.92. The lowest BCUT2D eigenvalue weighted by Gasteiger charge is -2.38. The summed E-state index contributed by atoms with van der Waals surface area (Å²) < 4.78 is 5.61. The van der Waals surface area contributed by atoms with E-state index in [1.54, 1.807) is 0 Å². The lowest BCUT2D eigenvalue weighted by atomic mass is 9.80. The van der Waals surface area contributed by atoms with E-state index in [0.29, 0.717) is 6.04 Å². The van der Waals surface area contributed by atoms with Crippen LogP contribution in [0.2, 0.25) is 0 Å². The molecule has 0 bridgehead atoms. The summed E-state index contributed by atoms with van der Waals surface area (Å²) in [5.41, 5.74) is -0.674. The average molecular weight is 225 g/mol. The zero-order chi connectivity index (χ0) is 11.4. The maximum absolute atomic E-state index is 10.6. The Morgan fingerprint density at radius 2 is 2.25 bits per heavy atom. The molecule has 2 aliphatic rings. The molecule has 0 radical (unpaired) electrons. The number of aliphatic hydroxyl groups is 1. The first-order valence-electron chi connectivity index (χ1n) is 6.54. The Kier molecular flexibility index (Phi) is 3.87. The standard InChI is InChI=1S/C13H23NO2/c1-2-14-11-6-8-13(15,9-7-11)12-5-3-4-10-16-12/h5,11,14-15H,2-4,6-10H2,1H3. The van der Waals surface area contributed by atoms with Gasteiger partial charge >= 0.3 is 0 Å². The molecule has 0 saturated heterocycles. The molecule has 0 atom stereocenters. The molecule has 2 N–H and O–H groups in total. The SMILES string of the molecule is CCNC1CCC(O)(C2=CCCCO2)CC1. The lowest BCUT2D eigenvalue weighted by molar-refractivity contribution is -0.0271. The Hall–Kier alpha value is -0.540. The Labute approximate surface area is 97.9 Å². The normalized spacial score (nSPS) is 35.4. The predicted molar refractivity (Wildman–Crippen MR) is 64.2 cm³/mol. The highest BCUT2D eigenvalue weighted by Gasteiger charge is 2.38. The van der Waals surface area contributed by atoms with Gasteiger partial charge in [-0.3, -0.25) is 0 Å². The monoisotopic (exact) mass is 225 g/mol. The minimum atomic E-state index is -0.674. The average Bonchev–Trinajstić information content (AvgIpc) is 2.34. The van der Waals surface area contributed by atoms with Crippen molar-refractivity contribution in [3.63, 3.8) is 0 Å². The van der Waals surface area contributed by atoms with Gasteiger partial charge in [-0.15, -0.1) is 0 Å². The van der Waals surface area contributed by atoms with Crippen LogP contribution in [0.5, 0.6) is 0 Å². The van der Waals surface area contributed by atoms with E-state index in [1.807, 2.05) is 0 Å². The first-order chi connectivity index (χ1) is 7.74. The van der Waals surface area contributed by atoms with Crippen molar-refractivity contribution in [3.05, 3.63) is 11.8 Å². The van der Waals surface area contributed by atoms with Crippen molar-refractivity contribution in [1.82, 2.24) is 5.32 Å². The third kappa shape index (κ3) is 2.58. The Morgan fingerprint density at radius 1 is 1.50 bits per heavy atom. The molecule has 1 aliphatic heterocycles. The van der Waals surface area contributed by atoms with Gasteiger partial charge in [0.2, 0.25) is 0 Å². The Morgan fingerprint density at radius 3 is 2.81 bits per heavy atom. The number of allylic oxidation sites excluding steroid dienone is 1. The Bertz CT molecular complexity index is 255. The molecule has 0 unspecified atom stereocenters. The third-order valence-corrected chi connectivity index (χ3v) is 3.70. The molecule has 1 fully saturated rings. The molecule has 1 aliphatic carbocycles. The predicted octanol–water partition coefficient (Wildman–Crippen LogP) is 1.96. The zero-order valence-electron chi connectivity index (χ0n) is 10.2. The van der Waals surface area contributed by atoms with Gasteiger partial charge in [0.1, 0.15) is 11.4 Å². The minimum absolute atomic E-state index is 0.578. The van der Waals surface area contributed by atoms with E-state index < -0.39 is 5.60 Å². The maximum atomic E-state index is 10.6. The molecule has 1 heterocycles. The van der Waals surface area contributed by atoms with Crippen LogP contribution < -0.4 is 5.32 Å². The van der Waals surface area contributed by atoms with Crippen molar-refractivity contribution in [2.75, 3.05) is 13.2 Å². The largest absolute Gasteiger partial charge is 0.495 e. The van der Waals surface area contributed by atoms with Crippen LogP contribution in [-0.2, 0) is 4.74 Å². The van der Waals surface area contributed by atoms with Crippen molar-refractivity contribution in [2.24, 2.45) is 0 Å². The van der Waals surface area contributed by atoms with E-state index in [1.165, 1.54) is 0 Å². The van der Waals surface area contributed by atoms with Crippen LogP contribution in [0, 0.1) is 0 Å². The summed E-state index contributed by atoms with van der Waals surface area (Å²) in [5.74, 6) is 0.841. The topological polar surface area (TPSA) is 41.5 Å². The molecule has 1 saturated carbocycles. The van der Waals surface area contributed by atoms with Gasteiger partial charge < -0.3 is 15.2 Å². The highest BCUT2D eigenvalue weighted by Crippen LogP contribution is 2.36. The molecule has 0 spiro atoms. The van der Waals surface area contributed by atoms with Crippen LogP contribution in [0.25, 0.3) is 0 Å². The van der Waals surface area contributed by atoms with E-state index in [9.17, 15) is 5.11 Å². The molecule has 0 amide bonds. The second-order valence-electron chi connectivity index (χ2n) is 4.92. The van der Waals surface area contributed by atoms with Crippen LogP contribution in [0.1, 0.15) is 45.4 Å². The number of nitrogens with one attached hydrogen (secondary N) is 1. The molecule has 3 nitrogen and oxygen atoms in total. The summed E-state index contributed by atoms with van der Waals surface area (Å²) in [6.07, 6.45) is 7.97. The summed E-state index contributed by atoms with van der Waals surface area (Å²) >= 11 is 0. The van der Waals surface area contributed by atoms with Gasteiger partial charge in [-0.1, -0.05) is 6.92 Å². The van der Waals surface area contributed by atoms with Crippen molar-refractivity contribution >= 4 is 0 Å². The van der Waals surface area contributed by atoms with Gasteiger partial charge in [-0.2, -0.15) is 0 Å². The fourth-order valence-corrected chi connectivity index (χ4v) is 2.72. The highest BCUT2D eigenvalue weighted by molar-refractivity contribution is 5.13. The van der Waals surface area contributed by atoms with Gasteiger partial charge in [0.15, 0.2) is 0 Å². The number of rotatable bonds is 3. The summed E-state index contributed by atoms with van der Waals surface area (Å²) in [6, 6.07) is 0.578. The van der Waals surface area contributed by atoms with Gasteiger partial charge in [0.25, 0.3) is 0 Å². The van der Waals surface area contributed by atoms with Gasteiger partial charge in [0.05, 0.1) is 6.61 Å². The molecule has 92 valence electrons. The summed E-state index contributed by atoms with van der Waals surface area (Å²) in [4.78, 5) is 0. The summed E-state index contributed by atoms with van der Waals surface area (Å²) in [6.45, 7) is 3.92. The molecule has 0 aromatic carbocycles. The maximum Gasteiger partial charge on any atom is 0.124 e. The quantitative estimate of drug-likeness (QED) is 0.771. The van der Waals surface area contributed by atoms with Gasteiger partial charge in [0, 0.05) is 6.04 Å². The molecule has 0 aromatic rings. The molecule has 3 heteroatoms. The van der Waals surface area contributed by atoms with Crippen LogP contribution in [0.15, 0.2) is 11.8 Å². The van der Waals surface area contributed by atoms with E-state index >= 15 is 0 Å². The van der Waals surface area contributed by atoms with E-state index in [0.717, 1.165) is 57.4 Å². The van der Waals surface area contributed by atoms with Crippen molar-refractivity contribution in [1.29, 1.82) is 0 Å². The van der Waals surface area contributed by atoms with E-state index in [-0.39, 0.29) is 0 Å². The molecule has 2 rings (SSSR count). The van der Waals surface area contributed by atoms with Crippen LogP contribution in [0.4, 0.5) is 0 Å². The first-order valence-corrected chi connectivity index (χ1v) is 6.54. The fraction of sp³-hybridized carbons (Fsp3) is 0.846. The highest BCUT2D eigenvalue weighted by atomic mass is 16.5. The molecular weight excluding hydrogens is 202 g/mol. The van der Waals surface area contributed by atoms with Crippen molar-refractivity contribution in [2.45, 2.75) is 57.1 Å². The van der Waals surface area contributed by atoms with E-state index in [2.05, 4.69) is 18.3 Å². The van der Waals surface area contributed by atoms with Crippen molar-refractivity contribution < 1.29 is 9.84 Å². The van der Waals surface area contributed by atoms with Crippen LogP contribution >= 0.6 is 0 Å². The van der Waals surface area contributed by atoms with Crippen molar-refractivity contribution in [3.8, 4) is 0 Å². The minimum Gasteiger partial charge on any atom is -0.495 e. The molecule has 16 heavy (non-hydrogen) atoms. The summed E-state index contributed by atoms with van der Waals surface area (Å²) in [5, 5.41) is 14.0. The molecule has 0 aromatic heterocycles. The molecular formula is C13H23NO2.